The van der Waals surface area contributed by atoms with E-state index < -0.39 is 0 Å². The van der Waals surface area contributed by atoms with Crippen LogP contribution in [-0.4, -0.2) is 30.6 Å². The van der Waals surface area contributed by atoms with Gasteiger partial charge in [0.1, 0.15) is 12.4 Å². The summed E-state index contributed by atoms with van der Waals surface area (Å²) in [6.07, 6.45) is 5.86. The van der Waals surface area contributed by atoms with Crippen LogP contribution in [0, 0.1) is 0 Å². The van der Waals surface area contributed by atoms with Gasteiger partial charge < -0.3 is 15.0 Å². The largest absolute Gasteiger partial charge is 0.492 e. The number of unbranched alkanes of at least 4 members (excludes halogenated alkanes) is 4. The Morgan fingerprint density at radius 2 is 1.67 bits per heavy atom. The highest BCUT2D eigenvalue weighted by Gasteiger charge is 2.13. The maximum atomic E-state index is 12.7. The summed E-state index contributed by atoms with van der Waals surface area (Å²) in [5, 5.41) is 2.98. The van der Waals surface area contributed by atoms with E-state index in [1.165, 1.54) is 19.3 Å². The summed E-state index contributed by atoms with van der Waals surface area (Å²) in [5.41, 5.74) is 0.795. The number of amides is 2. The Morgan fingerprint density at radius 3 is 2.37 bits per heavy atom. The number of para-hydroxylation sites is 1. The predicted molar refractivity (Wildman–Crippen MR) is 115 cm³/mol. The number of hydrogen-bond donors (Lipinski definition) is 1. The van der Waals surface area contributed by atoms with Crippen LogP contribution >= 0.6 is 15.9 Å². The van der Waals surface area contributed by atoms with E-state index in [1.54, 1.807) is 0 Å². The fourth-order valence-electron chi connectivity index (χ4n) is 2.75. The van der Waals surface area contributed by atoms with Crippen molar-refractivity contribution in [3.05, 3.63) is 59.1 Å². The fourth-order valence-corrected chi connectivity index (χ4v) is 3.01. The molecule has 0 heterocycles. The van der Waals surface area contributed by atoms with E-state index >= 15 is 0 Å². The molecule has 2 amide bonds. The molecule has 146 valence electrons. The Morgan fingerprint density at radius 1 is 0.963 bits per heavy atom. The van der Waals surface area contributed by atoms with E-state index in [0.717, 1.165) is 35.3 Å². The van der Waals surface area contributed by atoms with E-state index in [9.17, 15) is 4.79 Å². The summed E-state index contributed by atoms with van der Waals surface area (Å²) >= 11 is 3.41. The van der Waals surface area contributed by atoms with Gasteiger partial charge in [0.05, 0.1) is 6.54 Å². The summed E-state index contributed by atoms with van der Waals surface area (Å²) < 4.78 is 6.76. The van der Waals surface area contributed by atoms with E-state index in [0.29, 0.717) is 13.2 Å². The topological polar surface area (TPSA) is 41.6 Å². The highest BCUT2D eigenvalue weighted by Crippen LogP contribution is 2.15. The molecule has 0 aromatic heterocycles. The molecule has 2 aromatic carbocycles. The zero-order chi connectivity index (χ0) is 19.3. The zero-order valence-electron chi connectivity index (χ0n) is 16.0. The fraction of sp³-hybridized carbons (Fsp3) is 0.409. The number of carbonyl (C=O) groups is 1. The Labute approximate surface area is 171 Å². The molecule has 4 nitrogen and oxygen atoms in total. The summed E-state index contributed by atoms with van der Waals surface area (Å²) in [6.45, 7) is 3.99. The molecule has 27 heavy (non-hydrogen) atoms. The number of nitrogens with one attached hydrogen (secondary N) is 1. The first-order valence-electron chi connectivity index (χ1n) is 9.68. The predicted octanol–water partition coefficient (Wildman–Crippen LogP) is 6.33. The van der Waals surface area contributed by atoms with E-state index in [2.05, 4.69) is 28.2 Å². The lowest BCUT2D eigenvalue weighted by Gasteiger charge is -2.23. The van der Waals surface area contributed by atoms with Gasteiger partial charge in [-0.2, -0.15) is 0 Å². The smallest absolute Gasteiger partial charge is 0.321 e. The zero-order valence-corrected chi connectivity index (χ0v) is 17.6. The first-order chi connectivity index (χ1) is 13.2. The molecule has 0 aliphatic carbocycles. The van der Waals surface area contributed by atoms with Gasteiger partial charge in [-0.3, -0.25) is 0 Å². The van der Waals surface area contributed by atoms with Gasteiger partial charge in [-0.15, -0.1) is 0 Å². The summed E-state index contributed by atoms with van der Waals surface area (Å²) in [4.78, 5) is 14.6. The van der Waals surface area contributed by atoms with E-state index in [4.69, 9.17) is 4.74 Å². The molecule has 0 saturated carbocycles. The van der Waals surface area contributed by atoms with Gasteiger partial charge >= 0.3 is 6.03 Å². The lowest BCUT2D eigenvalue weighted by Crippen LogP contribution is -2.38. The highest BCUT2D eigenvalue weighted by molar-refractivity contribution is 9.10. The number of hydrogen-bond acceptors (Lipinski definition) is 2. The monoisotopic (exact) mass is 432 g/mol. The van der Waals surface area contributed by atoms with Gasteiger partial charge in [-0.1, -0.05) is 66.7 Å². The average molecular weight is 433 g/mol. The minimum Gasteiger partial charge on any atom is -0.492 e. The molecule has 1 N–H and O–H groups in total. The third-order valence-electron chi connectivity index (χ3n) is 4.29. The first kappa shape index (κ1) is 21.3. The van der Waals surface area contributed by atoms with Gasteiger partial charge in [0.2, 0.25) is 0 Å². The summed E-state index contributed by atoms with van der Waals surface area (Å²) in [5.74, 6) is 0.828. The van der Waals surface area contributed by atoms with Crippen LogP contribution in [0.5, 0.6) is 5.75 Å². The lowest BCUT2D eigenvalue weighted by atomic mass is 10.1. The van der Waals surface area contributed by atoms with Crippen molar-refractivity contribution in [3.8, 4) is 5.75 Å². The lowest BCUT2D eigenvalue weighted by molar-refractivity contribution is 0.193. The molecule has 5 heteroatoms. The molecule has 2 aromatic rings. The number of anilines is 1. The minimum absolute atomic E-state index is 0.0792. The van der Waals surface area contributed by atoms with Crippen molar-refractivity contribution in [2.45, 2.75) is 39.0 Å². The second-order valence-electron chi connectivity index (χ2n) is 6.50. The number of rotatable bonds is 11. The Kier molecular flexibility index (Phi) is 9.77. The maximum Gasteiger partial charge on any atom is 0.321 e. The van der Waals surface area contributed by atoms with Crippen LogP contribution in [0.2, 0.25) is 0 Å². The second kappa shape index (κ2) is 12.4. The Bertz CT molecular complexity index is 662. The van der Waals surface area contributed by atoms with Crippen molar-refractivity contribution in [2.24, 2.45) is 0 Å². The normalized spacial score (nSPS) is 10.4. The van der Waals surface area contributed by atoms with Crippen molar-refractivity contribution in [1.29, 1.82) is 0 Å². The molecule has 0 unspecified atom stereocenters. The third-order valence-corrected chi connectivity index (χ3v) is 4.82. The minimum atomic E-state index is -0.0792. The quantitative estimate of drug-likeness (QED) is 0.421. The van der Waals surface area contributed by atoms with Crippen LogP contribution in [0.1, 0.15) is 39.0 Å². The maximum absolute atomic E-state index is 12.7. The van der Waals surface area contributed by atoms with Crippen molar-refractivity contribution in [3.63, 3.8) is 0 Å². The van der Waals surface area contributed by atoms with Gasteiger partial charge in [0.15, 0.2) is 0 Å². The molecule has 0 radical (unpaired) electrons. The Hall–Kier alpha value is -2.01. The molecule has 2 rings (SSSR count). The van der Waals surface area contributed by atoms with Gasteiger partial charge in [-0.25, -0.2) is 4.79 Å². The molecule has 0 aliphatic rings. The summed E-state index contributed by atoms with van der Waals surface area (Å²) in [6, 6.07) is 17.2. The van der Waals surface area contributed by atoms with Crippen LogP contribution in [0.4, 0.5) is 10.5 Å². The van der Waals surface area contributed by atoms with Gasteiger partial charge in [0, 0.05) is 16.7 Å². The number of urea groups is 1. The SMILES string of the molecule is CCCCCCCN(CCOc1ccccc1)C(=O)Nc1ccc(Br)cc1. The van der Waals surface area contributed by atoms with Gasteiger partial charge in [0.25, 0.3) is 0 Å². The van der Waals surface area contributed by atoms with Gasteiger partial charge in [-0.05, 0) is 42.8 Å². The van der Waals surface area contributed by atoms with Crippen LogP contribution in [0.15, 0.2) is 59.1 Å². The van der Waals surface area contributed by atoms with E-state index in [-0.39, 0.29) is 6.03 Å². The van der Waals surface area contributed by atoms with Crippen molar-refractivity contribution < 1.29 is 9.53 Å². The van der Waals surface area contributed by atoms with Crippen LogP contribution < -0.4 is 10.1 Å². The molecule has 0 atom stereocenters. The number of benzene rings is 2. The van der Waals surface area contributed by atoms with Crippen molar-refractivity contribution in [1.82, 2.24) is 4.90 Å². The van der Waals surface area contributed by atoms with Crippen LogP contribution in [0.25, 0.3) is 0 Å². The standard InChI is InChI=1S/C22H29BrN2O2/c1-2-3-4-5-9-16-25(17-18-27-21-10-7-6-8-11-21)22(26)24-20-14-12-19(23)13-15-20/h6-8,10-15H,2-5,9,16-18H2,1H3,(H,24,26). The first-order valence-corrected chi connectivity index (χ1v) is 10.5. The second-order valence-corrected chi connectivity index (χ2v) is 7.42. The number of ether oxygens (including phenoxy) is 1. The van der Waals surface area contributed by atoms with E-state index in [1.807, 2.05) is 59.5 Å². The molecule has 0 bridgehead atoms. The number of halogens is 1. The third kappa shape index (κ3) is 8.48. The Balaban J connectivity index is 1.86. The average Bonchev–Trinajstić information content (AvgIpc) is 2.69. The molecule has 0 saturated heterocycles. The molecular weight excluding hydrogens is 404 g/mol. The molecular formula is C22H29BrN2O2. The molecule has 0 spiro atoms. The summed E-state index contributed by atoms with van der Waals surface area (Å²) in [7, 11) is 0. The van der Waals surface area contributed by atoms with Crippen LogP contribution in [-0.2, 0) is 0 Å². The number of carbonyl (C=O) groups excluding carboxylic acids is 1. The van der Waals surface area contributed by atoms with Crippen LogP contribution in [0.3, 0.4) is 0 Å². The number of nitrogens with zero attached hydrogens (tertiary/aromatic N) is 1. The van der Waals surface area contributed by atoms with Crippen molar-refractivity contribution in [2.75, 3.05) is 25.0 Å². The van der Waals surface area contributed by atoms with Crippen molar-refractivity contribution >= 4 is 27.6 Å². The molecule has 0 aliphatic heterocycles. The molecule has 0 fully saturated rings. The highest BCUT2D eigenvalue weighted by atomic mass is 79.9.